The van der Waals surface area contributed by atoms with Gasteiger partial charge in [0.25, 0.3) is 0 Å². The Bertz CT molecular complexity index is 485. The molecule has 1 saturated heterocycles. The standard InChI is InChI=1S/C19H28N2O.ClH/c20-14-17-7-4-8-18(17)19(22)21-11-9-16(10-12-21)13-15-5-2-1-3-6-15;/h1-3,5-6,16-18H,4,7-14,20H2;1H/t17-,18-;/m1./s1. The fourth-order valence-corrected chi connectivity index (χ4v) is 4.18. The molecule has 1 aromatic carbocycles. The van der Waals surface area contributed by atoms with Gasteiger partial charge in [0.15, 0.2) is 0 Å². The van der Waals surface area contributed by atoms with Gasteiger partial charge >= 0.3 is 0 Å². The van der Waals surface area contributed by atoms with Crippen LogP contribution in [0.15, 0.2) is 30.3 Å². The molecule has 4 heteroatoms. The molecule has 0 radical (unpaired) electrons. The average molecular weight is 337 g/mol. The summed E-state index contributed by atoms with van der Waals surface area (Å²) >= 11 is 0. The smallest absolute Gasteiger partial charge is 0.226 e. The van der Waals surface area contributed by atoms with Gasteiger partial charge in [-0.15, -0.1) is 12.4 Å². The van der Waals surface area contributed by atoms with Crippen molar-refractivity contribution in [1.82, 2.24) is 4.90 Å². The summed E-state index contributed by atoms with van der Waals surface area (Å²) in [5.41, 5.74) is 7.25. The maximum Gasteiger partial charge on any atom is 0.226 e. The third-order valence-corrected chi connectivity index (χ3v) is 5.57. The van der Waals surface area contributed by atoms with Gasteiger partial charge < -0.3 is 10.6 Å². The Labute approximate surface area is 146 Å². The van der Waals surface area contributed by atoms with Crippen LogP contribution >= 0.6 is 12.4 Å². The Hall–Kier alpha value is -1.06. The molecule has 2 atom stereocenters. The van der Waals surface area contributed by atoms with E-state index in [0.29, 0.717) is 18.4 Å². The molecule has 2 fully saturated rings. The molecular formula is C19H29ClN2O. The fraction of sp³-hybridized carbons (Fsp3) is 0.632. The number of amides is 1. The maximum atomic E-state index is 12.7. The number of carbonyl (C=O) groups excluding carboxylic acids is 1. The van der Waals surface area contributed by atoms with E-state index < -0.39 is 0 Å². The summed E-state index contributed by atoms with van der Waals surface area (Å²) in [5, 5.41) is 0. The minimum absolute atomic E-state index is 0. The normalized spacial score (nSPS) is 25.2. The van der Waals surface area contributed by atoms with E-state index in [1.807, 2.05) is 0 Å². The van der Waals surface area contributed by atoms with Gasteiger partial charge in [-0.2, -0.15) is 0 Å². The second-order valence-corrected chi connectivity index (χ2v) is 6.99. The molecule has 2 aliphatic rings. The van der Waals surface area contributed by atoms with Gasteiger partial charge in [0.05, 0.1) is 0 Å². The van der Waals surface area contributed by atoms with E-state index in [9.17, 15) is 4.79 Å². The second kappa shape index (κ2) is 8.70. The Morgan fingerprint density at radius 3 is 2.43 bits per heavy atom. The summed E-state index contributed by atoms with van der Waals surface area (Å²) in [7, 11) is 0. The van der Waals surface area contributed by atoms with Crippen molar-refractivity contribution in [2.75, 3.05) is 19.6 Å². The third-order valence-electron chi connectivity index (χ3n) is 5.57. The number of benzene rings is 1. The Morgan fingerprint density at radius 2 is 1.78 bits per heavy atom. The molecule has 0 bridgehead atoms. The molecule has 1 aliphatic carbocycles. The average Bonchev–Trinajstić information content (AvgIpc) is 3.04. The summed E-state index contributed by atoms with van der Waals surface area (Å²) in [4.78, 5) is 14.8. The van der Waals surface area contributed by atoms with Gasteiger partial charge in [0.2, 0.25) is 5.91 Å². The molecule has 3 nitrogen and oxygen atoms in total. The van der Waals surface area contributed by atoms with Gasteiger partial charge in [-0.3, -0.25) is 4.79 Å². The first-order chi connectivity index (χ1) is 10.8. The zero-order valence-electron chi connectivity index (χ0n) is 13.8. The zero-order chi connectivity index (χ0) is 15.4. The van der Waals surface area contributed by atoms with E-state index in [4.69, 9.17) is 5.73 Å². The third kappa shape index (κ3) is 4.48. The first-order valence-electron chi connectivity index (χ1n) is 8.80. The minimum Gasteiger partial charge on any atom is -0.342 e. The number of nitrogens with zero attached hydrogens (tertiary/aromatic N) is 1. The lowest BCUT2D eigenvalue weighted by Crippen LogP contribution is -2.43. The summed E-state index contributed by atoms with van der Waals surface area (Å²) in [5.74, 6) is 1.73. The van der Waals surface area contributed by atoms with Crippen molar-refractivity contribution in [3.05, 3.63) is 35.9 Å². The van der Waals surface area contributed by atoms with Crippen molar-refractivity contribution in [3.63, 3.8) is 0 Å². The van der Waals surface area contributed by atoms with Crippen LogP contribution in [0, 0.1) is 17.8 Å². The van der Waals surface area contributed by atoms with Crippen LogP contribution in [-0.2, 0) is 11.2 Å². The topological polar surface area (TPSA) is 46.3 Å². The number of piperidine rings is 1. The van der Waals surface area contributed by atoms with E-state index in [-0.39, 0.29) is 18.3 Å². The molecule has 0 spiro atoms. The molecule has 3 rings (SSSR count). The number of carbonyl (C=O) groups is 1. The number of halogens is 1. The zero-order valence-corrected chi connectivity index (χ0v) is 14.6. The number of rotatable bonds is 4. The first-order valence-corrected chi connectivity index (χ1v) is 8.80. The molecule has 128 valence electrons. The lowest BCUT2D eigenvalue weighted by Gasteiger charge is -2.34. The minimum atomic E-state index is 0. The summed E-state index contributed by atoms with van der Waals surface area (Å²) in [6.07, 6.45) is 6.78. The van der Waals surface area contributed by atoms with Crippen molar-refractivity contribution in [2.45, 2.75) is 38.5 Å². The summed E-state index contributed by atoms with van der Waals surface area (Å²) in [6.45, 7) is 2.54. The summed E-state index contributed by atoms with van der Waals surface area (Å²) in [6, 6.07) is 10.7. The lowest BCUT2D eigenvalue weighted by molar-refractivity contribution is -0.138. The number of likely N-dealkylation sites (tertiary alicyclic amines) is 1. The molecule has 1 aliphatic heterocycles. The van der Waals surface area contributed by atoms with Crippen molar-refractivity contribution in [3.8, 4) is 0 Å². The largest absolute Gasteiger partial charge is 0.342 e. The molecule has 1 aromatic rings. The predicted molar refractivity (Wildman–Crippen MR) is 96.6 cm³/mol. The second-order valence-electron chi connectivity index (χ2n) is 6.99. The van der Waals surface area contributed by atoms with E-state index >= 15 is 0 Å². The molecule has 1 amide bonds. The highest BCUT2D eigenvalue weighted by molar-refractivity contribution is 5.85. The number of nitrogens with two attached hydrogens (primary N) is 1. The highest BCUT2D eigenvalue weighted by Gasteiger charge is 2.35. The predicted octanol–water partition coefficient (Wildman–Crippen LogP) is 3.26. The van der Waals surface area contributed by atoms with Crippen LogP contribution in [0.4, 0.5) is 0 Å². The van der Waals surface area contributed by atoms with Crippen molar-refractivity contribution in [1.29, 1.82) is 0 Å². The number of hydrogen-bond donors (Lipinski definition) is 1. The molecule has 0 unspecified atom stereocenters. The lowest BCUT2D eigenvalue weighted by atomic mass is 9.88. The van der Waals surface area contributed by atoms with Gasteiger partial charge in [0, 0.05) is 19.0 Å². The van der Waals surface area contributed by atoms with Crippen molar-refractivity contribution >= 4 is 18.3 Å². The first kappa shape index (κ1) is 18.3. The van der Waals surface area contributed by atoms with Crippen LogP contribution in [0.1, 0.15) is 37.7 Å². The molecular weight excluding hydrogens is 308 g/mol. The van der Waals surface area contributed by atoms with Crippen LogP contribution in [-0.4, -0.2) is 30.4 Å². The molecule has 1 saturated carbocycles. The van der Waals surface area contributed by atoms with Gasteiger partial charge in [-0.1, -0.05) is 36.8 Å². The Balaban J connectivity index is 0.00000192. The molecule has 0 aromatic heterocycles. The Morgan fingerprint density at radius 1 is 1.09 bits per heavy atom. The highest BCUT2D eigenvalue weighted by Crippen LogP contribution is 2.33. The highest BCUT2D eigenvalue weighted by atomic mass is 35.5. The van der Waals surface area contributed by atoms with Crippen LogP contribution in [0.3, 0.4) is 0 Å². The summed E-state index contributed by atoms with van der Waals surface area (Å²) < 4.78 is 0. The van der Waals surface area contributed by atoms with Gasteiger partial charge in [0.1, 0.15) is 0 Å². The van der Waals surface area contributed by atoms with Crippen LogP contribution in [0.5, 0.6) is 0 Å². The van der Waals surface area contributed by atoms with Crippen molar-refractivity contribution < 1.29 is 4.79 Å². The van der Waals surface area contributed by atoms with E-state index in [0.717, 1.165) is 51.1 Å². The molecule has 23 heavy (non-hydrogen) atoms. The quantitative estimate of drug-likeness (QED) is 0.917. The fourth-order valence-electron chi connectivity index (χ4n) is 4.18. The van der Waals surface area contributed by atoms with E-state index in [1.54, 1.807) is 0 Å². The SMILES string of the molecule is Cl.NC[C@H]1CCC[C@H]1C(=O)N1CCC(Cc2ccccc2)CC1. The van der Waals surface area contributed by atoms with Gasteiger partial charge in [-0.05, 0) is 56.0 Å². The van der Waals surface area contributed by atoms with Crippen LogP contribution in [0.25, 0.3) is 0 Å². The number of hydrogen-bond acceptors (Lipinski definition) is 2. The van der Waals surface area contributed by atoms with E-state index in [2.05, 4.69) is 35.2 Å². The Kier molecular flexibility index (Phi) is 6.91. The maximum absolute atomic E-state index is 12.7. The molecule has 1 heterocycles. The van der Waals surface area contributed by atoms with Gasteiger partial charge in [-0.25, -0.2) is 0 Å². The van der Waals surface area contributed by atoms with Crippen molar-refractivity contribution in [2.24, 2.45) is 23.5 Å². The monoisotopic (exact) mass is 336 g/mol. The van der Waals surface area contributed by atoms with Crippen LogP contribution in [0.2, 0.25) is 0 Å². The molecule has 2 N–H and O–H groups in total. The van der Waals surface area contributed by atoms with Crippen LogP contribution < -0.4 is 5.73 Å². The van der Waals surface area contributed by atoms with E-state index in [1.165, 1.54) is 12.0 Å².